The number of fused-ring (bicyclic) bond motifs is 2. The van der Waals surface area contributed by atoms with Gasteiger partial charge in [0.15, 0.2) is 0 Å². The van der Waals surface area contributed by atoms with Crippen molar-refractivity contribution in [2.75, 3.05) is 13.1 Å². The van der Waals surface area contributed by atoms with Crippen molar-refractivity contribution in [2.45, 2.75) is 25.7 Å². The zero-order valence-corrected chi connectivity index (χ0v) is 13.6. The molecule has 0 radical (unpaired) electrons. The van der Waals surface area contributed by atoms with Gasteiger partial charge in [-0.15, -0.1) is 0 Å². The molecular weight excluding hydrogens is 300 g/mol. The molecule has 3 aromatic rings. The molecule has 0 N–H and O–H groups in total. The molecule has 24 heavy (non-hydrogen) atoms. The fraction of sp³-hybridized carbons (Fsp3) is 0.300. The third kappa shape index (κ3) is 2.58. The maximum atomic E-state index is 12.6. The maximum Gasteiger partial charge on any atom is 0.262 e. The molecule has 1 aliphatic heterocycles. The predicted octanol–water partition coefficient (Wildman–Crippen LogP) is 3.78. The smallest absolute Gasteiger partial charge is 0.262 e. The number of hydrogen-bond donors (Lipinski definition) is 0. The van der Waals surface area contributed by atoms with Crippen LogP contribution in [0.4, 0.5) is 0 Å². The summed E-state index contributed by atoms with van der Waals surface area (Å²) in [7, 11) is 0. The zero-order valence-electron chi connectivity index (χ0n) is 13.6. The highest BCUT2D eigenvalue weighted by Gasteiger charge is 2.18. The van der Waals surface area contributed by atoms with E-state index < -0.39 is 0 Å². The number of nitrogens with zero attached hydrogens (tertiary/aromatic N) is 2. The monoisotopic (exact) mass is 320 g/mol. The number of aromatic nitrogens is 1. The summed E-state index contributed by atoms with van der Waals surface area (Å²) in [5.74, 6) is 0.0213. The number of amides is 1. The van der Waals surface area contributed by atoms with Gasteiger partial charge < -0.3 is 4.90 Å². The highest BCUT2D eigenvalue weighted by atomic mass is 16.2. The van der Waals surface area contributed by atoms with Gasteiger partial charge >= 0.3 is 0 Å². The molecule has 4 heteroatoms. The predicted molar refractivity (Wildman–Crippen MR) is 93.7 cm³/mol. The third-order valence-electron chi connectivity index (χ3n) is 4.84. The molecule has 0 unspecified atom stereocenters. The molecule has 1 fully saturated rings. The Bertz CT molecular complexity index is 807. The largest absolute Gasteiger partial charge is 0.339 e. The quantitative estimate of drug-likeness (QED) is 0.721. The van der Waals surface area contributed by atoms with Gasteiger partial charge in [0.1, 0.15) is 0 Å². The van der Waals surface area contributed by atoms with Crippen molar-refractivity contribution in [2.24, 2.45) is 0 Å². The van der Waals surface area contributed by atoms with Crippen LogP contribution in [0, 0.1) is 0 Å². The van der Waals surface area contributed by atoms with E-state index in [1.54, 1.807) is 28.8 Å². The molecule has 4 rings (SSSR count). The van der Waals surface area contributed by atoms with Crippen LogP contribution in [-0.2, 0) is 0 Å². The highest BCUT2D eigenvalue weighted by Crippen LogP contribution is 2.20. The molecule has 0 aliphatic carbocycles. The first-order chi connectivity index (χ1) is 11.7. The second-order valence-corrected chi connectivity index (χ2v) is 6.44. The van der Waals surface area contributed by atoms with Crippen molar-refractivity contribution < 1.29 is 9.59 Å². The lowest BCUT2D eigenvalue weighted by Gasteiger charge is -2.20. The summed E-state index contributed by atoms with van der Waals surface area (Å²) in [4.78, 5) is 27.2. The van der Waals surface area contributed by atoms with E-state index in [2.05, 4.69) is 0 Å². The summed E-state index contributed by atoms with van der Waals surface area (Å²) in [6.45, 7) is 1.67. The minimum Gasteiger partial charge on any atom is -0.339 e. The van der Waals surface area contributed by atoms with E-state index in [-0.39, 0.29) is 11.8 Å². The van der Waals surface area contributed by atoms with Crippen molar-refractivity contribution in [3.05, 3.63) is 59.7 Å². The fourth-order valence-corrected chi connectivity index (χ4v) is 3.48. The Kier molecular flexibility index (Phi) is 3.81. The Morgan fingerprint density at radius 2 is 1.08 bits per heavy atom. The molecular formula is C20H20N2O2. The van der Waals surface area contributed by atoms with Gasteiger partial charge in [0.05, 0.1) is 0 Å². The van der Waals surface area contributed by atoms with E-state index >= 15 is 0 Å². The summed E-state index contributed by atoms with van der Waals surface area (Å²) < 4.78 is 1.70. The number of rotatable bonds is 2. The van der Waals surface area contributed by atoms with E-state index in [1.165, 1.54) is 12.8 Å². The molecule has 3 heterocycles. The minimum absolute atomic E-state index is 0.0521. The Hall–Kier alpha value is -2.62. The molecule has 122 valence electrons. The molecule has 1 aromatic carbocycles. The van der Waals surface area contributed by atoms with Gasteiger partial charge in [-0.05, 0) is 61.4 Å². The van der Waals surface area contributed by atoms with Crippen molar-refractivity contribution in [1.82, 2.24) is 9.47 Å². The van der Waals surface area contributed by atoms with Crippen LogP contribution in [-0.4, -0.2) is 34.4 Å². The van der Waals surface area contributed by atoms with Gasteiger partial charge in [-0.25, -0.2) is 0 Å². The number of hydrogen-bond acceptors (Lipinski definition) is 2. The number of likely N-dealkylation sites (tertiary alicyclic amines) is 1. The van der Waals surface area contributed by atoms with E-state index in [4.69, 9.17) is 0 Å². The van der Waals surface area contributed by atoms with Gasteiger partial charge in [0, 0.05) is 35.2 Å². The van der Waals surface area contributed by atoms with Gasteiger partial charge in [0.2, 0.25) is 0 Å². The average molecular weight is 320 g/mol. The third-order valence-corrected chi connectivity index (χ3v) is 4.84. The van der Waals surface area contributed by atoms with Gasteiger partial charge in [0.25, 0.3) is 11.8 Å². The van der Waals surface area contributed by atoms with E-state index in [1.807, 2.05) is 29.2 Å². The van der Waals surface area contributed by atoms with Crippen LogP contribution in [0.5, 0.6) is 0 Å². The normalized spacial score (nSPS) is 15.6. The lowest BCUT2D eigenvalue weighted by atomic mass is 10.1. The van der Waals surface area contributed by atoms with Crippen LogP contribution in [0.15, 0.2) is 48.5 Å². The Morgan fingerprint density at radius 3 is 1.58 bits per heavy atom. The molecule has 1 saturated heterocycles. The summed E-state index contributed by atoms with van der Waals surface area (Å²) in [6.07, 6.45) is 4.56. The SMILES string of the molecule is O=C(c1ccc(C(=O)n2c3ccc2cc3)cc1)N1CCCCCC1. The van der Waals surface area contributed by atoms with E-state index in [0.717, 1.165) is 37.0 Å². The lowest BCUT2D eigenvalue weighted by Crippen LogP contribution is -2.31. The summed E-state index contributed by atoms with van der Waals surface area (Å²) >= 11 is 0. The Morgan fingerprint density at radius 1 is 0.625 bits per heavy atom. The van der Waals surface area contributed by atoms with Crippen molar-refractivity contribution in [3.8, 4) is 0 Å². The van der Waals surface area contributed by atoms with Crippen LogP contribution < -0.4 is 0 Å². The molecule has 2 bridgehead atoms. The topological polar surface area (TPSA) is 42.3 Å². The first-order valence-electron chi connectivity index (χ1n) is 8.58. The number of carbonyl (C=O) groups excluding carboxylic acids is 2. The Balaban J connectivity index is 1.54. The van der Waals surface area contributed by atoms with Gasteiger partial charge in [-0.3, -0.25) is 14.2 Å². The fourth-order valence-electron chi connectivity index (χ4n) is 3.48. The minimum atomic E-state index is -0.0521. The van der Waals surface area contributed by atoms with Crippen LogP contribution in [0.2, 0.25) is 0 Å². The molecule has 2 aromatic heterocycles. The first kappa shape index (κ1) is 14.9. The summed E-state index contributed by atoms with van der Waals surface area (Å²) in [5, 5.41) is 0. The molecule has 1 aliphatic rings. The molecule has 4 nitrogen and oxygen atoms in total. The van der Waals surface area contributed by atoms with E-state index in [0.29, 0.717) is 11.1 Å². The highest BCUT2D eigenvalue weighted by molar-refractivity contribution is 6.04. The van der Waals surface area contributed by atoms with Crippen LogP contribution in [0.1, 0.15) is 46.4 Å². The molecule has 0 spiro atoms. The van der Waals surface area contributed by atoms with Crippen LogP contribution in [0.25, 0.3) is 11.0 Å². The lowest BCUT2D eigenvalue weighted by molar-refractivity contribution is 0.0761. The summed E-state index contributed by atoms with van der Waals surface area (Å²) in [5.41, 5.74) is 3.07. The molecule has 0 atom stereocenters. The molecule has 0 saturated carbocycles. The second kappa shape index (κ2) is 6.11. The van der Waals surface area contributed by atoms with Gasteiger partial charge in [-0.2, -0.15) is 0 Å². The molecule has 1 amide bonds. The van der Waals surface area contributed by atoms with Crippen molar-refractivity contribution >= 4 is 22.8 Å². The maximum absolute atomic E-state index is 12.6. The standard InChI is InChI=1S/C20H20N2O2/c23-19(21-13-3-1-2-4-14-21)15-5-7-16(8-6-15)20(24)22-17-9-10-18(22)12-11-17/h5-12H,1-4,13-14H2. The van der Waals surface area contributed by atoms with Crippen molar-refractivity contribution in [3.63, 3.8) is 0 Å². The first-order valence-corrected chi connectivity index (χ1v) is 8.58. The second-order valence-electron chi connectivity index (χ2n) is 6.44. The van der Waals surface area contributed by atoms with E-state index in [9.17, 15) is 9.59 Å². The van der Waals surface area contributed by atoms with Crippen LogP contribution >= 0.6 is 0 Å². The van der Waals surface area contributed by atoms with Crippen molar-refractivity contribution in [1.29, 1.82) is 0 Å². The number of benzene rings is 2. The number of carbonyl (C=O) groups is 2. The summed E-state index contributed by atoms with van der Waals surface area (Å²) in [6, 6.07) is 14.8. The average Bonchev–Trinajstić information content (AvgIpc) is 3.10. The van der Waals surface area contributed by atoms with Crippen LogP contribution in [0.3, 0.4) is 0 Å². The zero-order chi connectivity index (χ0) is 16.5. The van der Waals surface area contributed by atoms with Gasteiger partial charge in [-0.1, -0.05) is 12.8 Å². The Labute approximate surface area is 141 Å².